The Morgan fingerprint density at radius 1 is 0.111 bits per heavy atom. The number of pyridine rings is 15. The number of hydrogen-bond donors (Lipinski definition) is 0. The monoisotopic (exact) mass is 1840 g/mol. The first-order valence-corrected chi connectivity index (χ1v) is 47.8. The van der Waals surface area contributed by atoms with Crippen molar-refractivity contribution in [2.45, 2.75) is 0 Å². The SMILES string of the molecule is c1ccc(-c2ccc3cc(-c4ccc5ccc(-c6ccc7ccc(-c8ccccn8)nc7c6)cc5n4)c4ccc(-c5ccccc5)nc4c3n2)cc1.c1ccc(-c2ccc3ccc(-c4ccc5ccc(-c6cccc(-c7ccc8ccc9cccnc9c8n7)c6)nc5c4)cc3n2)nc1.c1ccc(-c2ccc3ccc4ccc(-c5ccc6ccc(-c7ccc8ccc(-c9ccccn9)nc8c7)cc6n5)nc4c3n2)cc1. The van der Waals surface area contributed by atoms with Crippen LogP contribution in [0.15, 0.2) is 480 Å². The topological polar surface area (TPSA) is 193 Å². The first-order chi connectivity index (χ1) is 71.2. The van der Waals surface area contributed by atoms with Gasteiger partial charge in [-0.25, -0.2) is 54.8 Å². The predicted molar refractivity (Wildman–Crippen MR) is 587 cm³/mol. The smallest absolute Gasteiger partial charge is 0.0979 e. The van der Waals surface area contributed by atoms with E-state index in [2.05, 4.69) is 329 Å². The third-order valence-corrected chi connectivity index (χ3v) is 26.7. The lowest BCUT2D eigenvalue weighted by molar-refractivity contribution is 1.28. The lowest BCUT2D eigenvalue weighted by Gasteiger charge is -2.13. The summed E-state index contributed by atoms with van der Waals surface area (Å²) < 4.78 is 0. The molecule has 0 aliphatic rings. The standard InChI is InChI=1S/C47H29N5.2C41H25N5/c1-3-9-30(10-4-1)39-22-20-36-27-38(37-21-25-40(31-11-5-2-6-12-31)52-47(37)46(36)51-39)41-23-18-32-14-16-34(28-44(32)49-41)35-17-15-33-19-24-43(50-45(33)29-35)42-13-7-8-26-48-42;1-2-21-42-36(8-1)37-20-16-27-10-14-31(25-39(27)45-37)30-13-9-26-15-18-34(44-38(26)24-30)32-5-3-6-33(23-32)35-19-17-29-12-11-28-7-4-22-43-40(28)41(29)46-35;1-2-6-26(7-3-1)33-19-17-29-11-12-30-18-22-37(46-41(30)40(29)45-33)36-21-16-28-10-14-32(25-39(28)44-36)31-13-9-27-15-20-35(43-38(27)24-31)34-8-4-5-23-42-34/h1-29H;2*1-25H. The Morgan fingerprint density at radius 3 is 0.743 bits per heavy atom. The van der Waals surface area contributed by atoms with E-state index in [0.717, 1.165) is 277 Å². The Labute approximate surface area is 826 Å². The van der Waals surface area contributed by atoms with Crippen molar-refractivity contribution in [3.63, 3.8) is 0 Å². The van der Waals surface area contributed by atoms with Crippen molar-refractivity contribution in [2.75, 3.05) is 0 Å². The summed E-state index contributed by atoms with van der Waals surface area (Å²) in [5.41, 5.74) is 36.0. The van der Waals surface area contributed by atoms with Crippen LogP contribution in [0.25, 0.3) is 277 Å². The highest BCUT2D eigenvalue weighted by atomic mass is 14.8. The van der Waals surface area contributed by atoms with Crippen molar-refractivity contribution < 1.29 is 0 Å². The minimum atomic E-state index is 0.816. The van der Waals surface area contributed by atoms with Crippen LogP contribution in [-0.4, -0.2) is 74.8 Å². The van der Waals surface area contributed by atoms with E-state index in [1.165, 1.54) is 0 Å². The molecule has 0 saturated carbocycles. The average molecular weight is 1840 g/mol. The normalized spacial score (nSPS) is 11.5. The van der Waals surface area contributed by atoms with Gasteiger partial charge in [0.1, 0.15) is 0 Å². The van der Waals surface area contributed by atoms with Crippen LogP contribution in [-0.2, 0) is 0 Å². The molecule has 15 heterocycles. The second-order valence-corrected chi connectivity index (χ2v) is 35.7. The zero-order valence-electron chi connectivity index (χ0n) is 77.3. The number of nitrogens with zero attached hydrogens (tertiary/aromatic N) is 15. The molecule has 0 bridgehead atoms. The minimum Gasteiger partial charge on any atom is -0.255 e. The molecule has 670 valence electrons. The summed E-state index contributed by atoms with van der Waals surface area (Å²) in [6.45, 7) is 0. The number of benzene rings is 13. The molecule has 0 aliphatic heterocycles. The van der Waals surface area contributed by atoms with Crippen LogP contribution in [0.1, 0.15) is 0 Å². The van der Waals surface area contributed by atoms with Crippen molar-refractivity contribution in [3.8, 4) is 146 Å². The van der Waals surface area contributed by atoms with Crippen molar-refractivity contribution in [1.29, 1.82) is 0 Å². The summed E-state index contributed by atoms with van der Waals surface area (Å²) >= 11 is 0. The number of hydrogen-bond acceptors (Lipinski definition) is 15. The summed E-state index contributed by atoms with van der Waals surface area (Å²) in [4.78, 5) is 74.1. The molecule has 0 fully saturated rings. The van der Waals surface area contributed by atoms with E-state index in [1.807, 2.05) is 152 Å². The zero-order valence-corrected chi connectivity index (χ0v) is 77.3. The highest BCUT2D eigenvalue weighted by molar-refractivity contribution is 6.12. The third kappa shape index (κ3) is 16.7. The van der Waals surface area contributed by atoms with Crippen molar-refractivity contribution >= 4 is 131 Å². The second-order valence-electron chi connectivity index (χ2n) is 35.7. The molecule has 0 N–H and O–H groups in total. The lowest BCUT2D eigenvalue weighted by Crippen LogP contribution is -1.94. The Kier molecular flexibility index (Phi) is 21.5. The second kappa shape index (κ2) is 36.6. The largest absolute Gasteiger partial charge is 0.255 e. The highest BCUT2D eigenvalue weighted by Crippen LogP contribution is 2.41. The molecule has 0 saturated heterocycles. The molecule has 0 radical (unpaired) electrons. The van der Waals surface area contributed by atoms with Crippen LogP contribution in [0.5, 0.6) is 0 Å². The first-order valence-electron chi connectivity index (χ1n) is 47.8. The molecule has 0 atom stereocenters. The van der Waals surface area contributed by atoms with Crippen molar-refractivity contribution in [2.24, 2.45) is 0 Å². The molecular formula is C129H79N15. The Bertz CT molecular complexity index is 9920. The van der Waals surface area contributed by atoms with Gasteiger partial charge in [0.2, 0.25) is 0 Å². The first kappa shape index (κ1) is 84.7. The van der Waals surface area contributed by atoms with Gasteiger partial charge < -0.3 is 0 Å². The fourth-order valence-corrected chi connectivity index (χ4v) is 19.2. The van der Waals surface area contributed by atoms with E-state index < -0.39 is 0 Å². The molecule has 15 aromatic heterocycles. The molecule has 0 aliphatic carbocycles. The van der Waals surface area contributed by atoms with Gasteiger partial charge in [0.15, 0.2) is 0 Å². The number of aromatic nitrogens is 15. The van der Waals surface area contributed by atoms with Crippen LogP contribution in [0.2, 0.25) is 0 Å². The van der Waals surface area contributed by atoms with Gasteiger partial charge in [0, 0.05) is 123 Å². The molecule has 15 heteroatoms. The maximum absolute atomic E-state index is 5.28. The van der Waals surface area contributed by atoms with Gasteiger partial charge in [-0.2, -0.15) is 0 Å². The van der Waals surface area contributed by atoms with Gasteiger partial charge in [-0.15, -0.1) is 0 Å². The summed E-state index contributed by atoms with van der Waals surface area (Å²) in [5.74, 6) is 0. The Hall–Kier alpha value is -19.8. The van der Waals surface area contributed by atoms with Crippen molar-refractivity contribution in [3.05, 3.63) is 480 Å². The fraction of sp³-hybridized carbons (Fsp3) is 0. The van der Waals surface area contributed by atoms with Crippen LogP contribution < -0.4 is 0 Å². The van der Waals surface area contributed by atoms with E-state index in [1.54, 1.807) is 18.6 Å². The predicted octanol–water partition coefficient (Wildman–Crippen LogP) is 31.5. The van der Waals surface area contributed by atoms with Gasteiger partial charge in [-0.05, 0) is 197 Å². The lowest BCUT2D eigenvalue weighted by atomic mass is 9.98. The summed E-state index contributed by atoms with van der Waals surface area (Å²) in [5, 5.41) is 12.8. The number of fused-ring (bicyclic) bond motifs is 15. The molecule has 13 aromatic carbocycles. The summed E-state index contributed by atoms with van der Waals surface area (Å²) in [6.07, 6.45) is 7.21. The minimum absolute atomic E-state index is 0.816. The number of rotatable bonds is 13. The maximum Gasteiger partial charge on any atom is 0.0979 e. The van der Waals surface area contributed by atoms with Gasteiger partial charge >= 0.3 is 0 Å². The molecular weight excluding hydrogens is 1760 g/mol. The van der Waals surface area contributed by atoms with Crippen LogP contribution in [0.3, 0.4) is 0 Å². The molecule has 28 aromatic rings. The van der Waals surface area contributed by atoms with Gasteiger partial charge in [-0.1, -0.05) is 291 Å². The maximum atomic E-state index is 5.28. The molecule has 144 heavy (non-hydrogen) atoms. The summed E-state index contributed by atoms with van der Waals surface area (Å²) in [7, 11) is 0. The van der Waals surface area contributed by atoms with E-state index in [4.69, 9.17) is 54.8 Å². The quantitative estimate of drug-likeness (QED) is 0.0989. The van der Waals surface area contributed by atoms with Gasteiger partial charge in [0.25, 0.3) is 0 Å². The van der Waals surface area contributed by atoms with Crippen LogP contribution >= 0.6 is 0 Å². The van der Waals surface area contributed by atoms with E-state index in [-0.39, 0.29) is 0 Å². The average Bonchev–Trinajstić information content (AvgIpc) is 0.737. The molecule has 0 amide bonds. The Morgan fingerprint density at radius 2 is 0.361 bits per heavy atom. The molecule has 0 unspecified atom stereocenters. The van der Waals surface area contributed by atoms with Gasteiger partial charge in [-0.3, -0.25) is 19.9 Å². The van der Waals surface area contributed by atoms with E-state index in [9.17, 15) is 0 Å². The third-order valence-electron chi connectivity index (χ3n) is 26.7. The fourth-order valence-electron chi connectivity index (χ4n) is 19.2. The van der Waals surface area contributed by atoms with Crippen LogP contribution in [0.4, 0.5) is 0 Å². The molecule has 15 nitrogen and oxygen atoms in total. The highest BCUT2D eigenvalue weighted by Gasteiger charge is 2.21. The molecule has 0 spiro atoms. The van der Waals surface area contributed by atoms with E-state index in [0.29, 0.717) is 0 Å². The molecule has 28 rings (SSSR count). The van der Waals surface area contributed by atoms with Gasteiger partial charge in [0.05, 0.1) is 146 Å². The zero-order chi connectivity index (χ0) is 95.3. The summed E-state index contributed by atoms with van der Waals surface area (Å²) in [6, 6.07) is 156. The van der Waals surface area contributed by atoms with E-state index >= 15 is 0 Å². The Balaban J connectivity index is 0.000000110. The van der Waals surface area contributed by atoms with Crippen LogP contribution in [0, 0.1) is 0 Å². The van der Waals surface area contributed by atoms with Crippen molar-refractivity contribution in [1.82, 2.24) is 74.8 Å².